The predicted molar refractivity (Wildman–Crippen MR) is 74.7 cm³/mol. The van der Waals surface area contributed by atoms with Crippen molar-refractivity contribution in [2.24, 2.45) is 11.7 Å². The zero-order chi connectivity index (χ0) is 13.8. The van der Waals surface area contributed by atoms with E-state index in [1.165, 1.54) is 0 Å². The lowest BCUT2D eigenvalue weighted by atomic mass is 9.90. The molecule has 1 aliphatic rings. The Balaban J connectivity index is 1.95. The van der Waals surface area contributed by atoms with Crippen LogP contribution in [0.25, 0.3) is 0 Å². The maximum atomic E-state index is 10.6. The topological polar surface area (TPSA) is 72.4 Å². The fourth-order valence-corrected chi connectivity index (χ4v) is 2.68. The van der Waals surface area contributed by atoms with Crippen LogP contribution in [0.3, 0.4) is 0 Å². The van der Waals surface area contributed by atoms with Gasteiger partial charge in [-0.25, -0.2) is 0 Å². The van der Waals surface area contributed by atoms with E-state index in [2.05, 4.69) is 11.8 Å². The highest BCUT2D eigenvalue weighted by Crippen LogP contribution is 2.21. The van der Waals surface area contributed by atoms with Crippen LogP contribution in [0.15, 0.2) is 24.3 Å². The number of hydrogen-bond acceptors (Lipinski definition) is 4. The van der Waals surface area contributed by atoms with Crippen molar-refractivity contribution in [2.45, 2.75) is 32.4 Å². The van der Waals surface area contributed by atoms with E-state index in [0.717, 1.165) is 38.0 Å². The van der Waals surface area contributed by atoms with Crippen molar-refractivity contribution in [3.63, 3.8) is 0 Å². The summed E-state index contributed by atoms with van der Waals surface area (Å²) in [5.74, 6) is 0.562. The van der Waals surface area contributed by atoms with Crippen LogP contribution in [-0.2, 0) is 6.54 Å². The summed E-state index contributed by atoms with van der Waals surface area (Å²) in [6, 6.07) is 7.14. The molecule has 2 rings (SSSR count). The number of piperidine rings is 1. The van der Waals surface area contributed by atoms with Crippen molar-refractivity contribution in [3.8, 4) is 0 Å². The standard InChI is InChI=1S/C14H21N3O2/c1-2-12-10-16(8-7-14(12)15)9-11-3-5-13(6-4-11)17(18)19/h3-6,12,14H,2,7-10,15H2,1H3. The van der Waals surface area contributed by atoms with Crippen molar-refractivity contribution in [1.82, 2.24) is 4.90 Å². The van der Waals surface area contributed by atoms with Crippen molar-refractivity contribution in [3.05, 3.63) is 39.9 Å². The molecule has 1 aromatic rings. The van der Waals surface area contributed by atoms with Crippen LogP contribution in [0, 0.1) is 16.0 Å². The average molecular weight is 263 g/mol. The monoisotopic (exact) mass is 263 g/mol. The second kappa shape index (κ2) is 6.12. The fourth-order valence-electron chi connectivity index (χ4n) is 2.68. The van der Waals surface area contributed by atoms with E-state index in [4.69, 9.17) is 5.73 Å². The van der Waals surface area contributed by atoms with Crippen LogP contribution >= 0.6 is 0 Å². The molecule has 0 aliphatic carbocycles. The van der Waals surface area contributed by atoms with Crippen LogP contribution in [0.4, 0.5) is 5.69 Å². The molecule has 1 saturated heterocycles. The van der Waals surface area contributed by atoms with Crippen molar-refractivity contribution in [1.29, 1.82) is 0 Å². The minimum Gasteiger partial charge on any atom is -0.327 e. The Labute approximate surface area is 113 Å². The maximum Gasteiger partial charge on any atom is 0.269 e. The Morgan fingerprint density at radius 2 is 2.11 bits per heavy atom. The first kappa shape index (κ1) is 14.0. The molecule has 19 heavy (non-hydrogen) atoms. The number of rotatable bonds is 4. The van der Waals surface area contributed by atoms with E-state index in [1.54, 1.807) is 12.1 Å². The van der Waals surface area contributed by atoms with Crippen LogP contribution < -0.4 is 5.73 Å². The molecule has 104 valence electrons. The van der Waals surface area contributed by atoms with Gasteiger partial charge in [0.05, 0.1) is 4.92 Å². The summed E-state index contributed by atoms with van der Waals surface area (Å²) in [7, 11) is 0. The first-order valence-electron chi connectivity index (χ1n) is 6.81. The molecule has 0 aromatic heterocycles. The summed E-state index contributed by atoms with van der Waals surface area (Å²) >= 11 is 0. The van der Waals surface area contributed by atoms with Crippen molar-refractivity contribution >= 4 is 5.69 Å². The first-order valence-corrected chi connectivity index (χ1v) is 6.81. The molecule has 2 atom stereocenters. The number of nitro benzene ring substituents is 1. The summed E-state index contributed by atoms with van der Waals surface area (Å²) < 4.78 is 0. The third kappa shape index (κ3) is 3.52. The SMILES string of the molecule is CCC1CN(Cc2ccc([N+](=O)[O-])cc2)CCC1N. The summed E-state index contributed by atoms with van der Waals surface area (Å²) in [6.07, 6.45) is 2.14. The van der Waals surface area contributed by atoms with Gasteiger partial charge in [-0.2, -0.15) is 0 Å². The van der Waals surface area contributed by atoms with E-state index in [9.17, 15) is 10.1 Å². The van der Waals surface area contributed by atoms with Crippen LogP contribution in [0.2, 0.25) is 0 Å². The molecular weight excluding hydrogens is 242 g/mol. The number of likely N-dealkylation sites (tertiary alicyclic amines) is 1. The Morgan fingerprint density at radius 1 is 1.42 bits per heavy atom. The van der Waals surface area contributed by atoms with Gasteiger partial charge in [0.2, 0.25) is 0 Å². The molecule has 1 fully saturated rings. The number of benzene rings is 1. The molecule has 0 saturated carbocycles. The molecule has 0 amide bonds. The second-order valence-electron chi connectivity index (χ2n) is 5.28. The molecule has 2 N–H and O–H groups in total. The normalized spacial score (nSPS) is 24.3. The molecule has 0 radical (unpaired) electrons. The Kier molecular flexibility index (Phi) is 4.50. The van der Waals surface area contributed by atoms with Crippen LogP contribution in [-0.4, -0.2) is 29.0 Å². The maximum absolute atomic E-state index is 10.6. The van der Waals surface area contributed by atoms with Crippen LogP contribution in [0.1, 0.15) is 25.3 Å². The highest BCUT2D eigenvalue weighted by molar-refractivity contribution is 5.32. The Bertz CT molecular complexity index is 433. The summed E-state index contributed by atoms with van der Waals surface area (Å²) in [5.41, 5.74) is 7.37. The molecule has 5 nitrogen and oxygen atoms in total. The van der Waals surface area contributed by atoms with Crippen molar-refractivity contribution < 1.29 is 4.92 Å². The number of non-ortho nitro benzene ring substituents is 1. The zero-order valence-corrected chi connectivity index (χ0v) is 11.3. The van der Waals surface area contributed by atoms with E-state index < -0.39 is 0 Å². The van der Waals surface area contributed by atoms with Gasteiger partial charge in [0, 0.05) is 31.3 Å². The van der Waals surface area contributed by atoms with Gasteiger partial charge in [0.15, 0.2) is 0 Å². The smallest absolute Gasteiger partial charge is 0.269 e. The minimum absolute atomic E-state index is 0.149. The first-order chi connectivity index (χ1) is 9.10. The van der Waals surface area contributed by atoms with Gasteiger partial charge >= 0.3 is 0 Å². The summed E-state index contributed by atoms with van der Waals surface area (Å²) in [4.78, 5) is 12.6. The highest BCUT2D eigenvalue weighted by Gasteiger charge is 2.25. The Morgan fingerprint density at radius 3 is 2.68 bits per heavy atom. The molecule has 1 heterocycles. The van der Waals surface area contributed by atoms with Crippen molar-refractivity contribution in [2.75, 3.05) is 13.1 Å². The largest absolute Gasteiger partial charge is 0.327 e. The van der Waals surface area contributed by atoms with E-state index in [1.807, 2.05) is 12.1 Å². The molecule has 5 heteroatoms. The molecular formula is C14H21N3O2. The lowest BCUT2D eigenvalue weighted by Gasteiger charge is -2.36. The number of nitro groups is 1. The van der Waals surface area contributed by atoms with Gasteiger partial charge in [0.25, 0.3) is 5.69 Å². The highest BCUT2D eigenvalue weighted by atomic mass is 16.6. The van der Waals surface area contributed by atoms with Gasteiger partial charge < -0.3 is 5.73 Å². The Hall–Kier alpha value is -1.46. The average Bonchev–Trinajstić information content (AvgIpc) is 2.41. The number of nitrogens with zero attached hydrogens (tertiary/aromatic N) is 2. The van der Waals surface area contributed by atoms with E-state index in [0.29, 0.717) is 12.0 Å². The number of hydrogen-bond donors (Lipinski definition) is 1. The van der Waals surface area contributed by atoms with Gasteiger partial charge in [0.1, 0.15) is 0 Å². The molecule has 0 spiro atoms. The second-order valence-corrected chi connectivity index (χ2v) is 5.28. The summed E-state index contributed by atoms with van der Waals surface area (Å²) in [5, 5.41) is 10.6. The third-order valence-electron chi connectivity index (χ3n) is 3.95. The van der Waals surface area contributed by atoms with E-state index in [-0.39, 0.29) is 10.6 Å². The van der Waals surface area contributed by atoms with Gasteiger partial charge in [-0.05, 0) is 24.4 Å². The van der Waals surface area contributed by atoms with E-state index >= 15 is 0 Å². The lowest BCUT2D eigenvalue weighted by molar-refractivity contribution is -0.384. The predicted octanol–water partition coefficient (Wildman–Crippen LogP) is 2.15. The van der Waals surface area contributed by atoms with Gasteiger partial charge in [-0.15, -0.1) is 0 Å². The zero-order valence-electron chi connectivity index (χ0n) is 11.3. The molecule has 2 unspecified atom stereocenters. The fraction of sp³-hybridized carbons (Fsp3) is 0.571. The molecule has 1 aliphatic heterocycles. The molecule has 1 aromatic carbocycles. The summed E-state index contributed by atoms with van der Waals surface area (Å²) in [6.45, 7) is 5.06. The van der Waals surface area contributed by atoms with Gasteiger partial charge in [-0.1, -0.05) is 25.5 Å². The quantitative estimate of drug-likeness (QED) is 0.667. The molecule has 0 bridgehead atoms. The number of nitrogens with two attached hydrogens (primary N) is 1. The third-order valence-corrected chi connectivity index (χ3v) is 3.95. The lowest BCUT2D eigenvalue weighted by Crippen LogP contribution is -2.46. The van der Waals surface area contributed by atoms with Gasteiger partial charge in [-0.3, -0.25) is 15.0 Å². The minimum atomic E-state index is -0.364. The van der Waals surface area contributed by atoms with Crippen LogP contribution in [0.5, 0.6) is 0 Å².